The Kier molecular flexibility index (Phi) is 6.44. The summed E-state index contributed by atoms with van der Waals surface area (Å²) in [6.45, 7) is 4.12. The van der Waals surface area contributed by atoms with Gasteiger partial charge in [0, 0.05) is 19.7 Å². The van der Waals surface area contributed by atoms with E-state index in [1.807, 2.05) is 0 Å². The summed E-state index contributed by atoms with van der Waals surface area (Å²) in [6, 6.07) is -1.32. The van der Waals surface area contributed by atoms with Crippen LogP contribution in [0.1, 0.15) is 20.3 Å². The van der Waals surface area contributed by atoms with Crippen LogP contribution in [0.3, 0.4) is 0 Å². The molecule has 0 aromatic heterocycles. The van der Waals surface area contributed by atoms with Gasteiger partial charge >= 0.3 is 12.0 Å². The summed E-state index contributed by atoms with van der Waals surface area (Å²) < 4.78 is 0. The molecule has 88 valence electrons. The van der Waals surface area contributed by atoms with Gasteiger partial charge in [-0.05, 0) is 20.3 Å². The number of carbonyl (C=O) groups excluding carboxylic acids is 1. The average Bonchev–Trinajstić information content (AvgIpc) is 2.18. The molecule has 15 heavy (non-hydrogen) atoms. The monoisotopic (exact) mass is 218 g/mol. The van der Waals surface area contributed by atoms with Crippen molar-refractivity contribution in [2.45, 2.75) is 26.3 Å². The maximum absolute atomic E-state index is 11.5. The lowest BCUT2D eigenvalue weighted by Crippen LogP contribution is -2.47. The first-order valence-electron chi connectivity index (χ1n) is 4.92. The van der Waals surface area contributed by atoms with Crippen LogP contribution in [-0.2, 0) is 4.79 Å². The SMILES string of the molecule is CCN(CCCO)C(=O)N[C@@H](C)C(=O)O. The second-order valence-electron chi connectivity index (χ2n) is 3.17. The van der Waals surface area contributed by atoms with Crippen molar-refractivity contribution in [1.29, 1.82) is 0 Å². The third-order valence-electron chi connectivity index (χ3n) is 1.97. The van der Waals surface area contributed by atoms with Gasteiger partial charge in [0.05, 0.1) is 0 Å². The lowest BCUT2D eigenvalue weighted by Gasteiger charge is -2.22. The molecule has 0 fully saturated rings. The van der Waals surface area contributed by atoms with Crippen molar-refractivity contribution in [1.82, 2.24) is 10.2 Å². The van der Waals surface area contributed by atoms with Gasteiger partial charge in [0.25, 0.3) is 0 Å². The Bertz CT molecular complexity index is 220. The highest BCUT2D eigenvalue weighted by atomic mass is 16.4. The number of amides is 2. The number of aliphatic carboxylic acids is 1. The molecule has 0 aliphatic rings. The van der Waals surface area contributed by atoms with E-state index < -0.39 is 18.0 Å². The maximum Gasteiger partial charge on any atom is 0.325 e. The normalized spacial score (nSPS) is 11.9. The van der Waals surface area contributed by atoms with Gasteiger partial charge in [0.15, 0.2) is 0 Å². The highest BCUT2D eigenvalue weighted by molar-refractivity contribution is 5.82. The molecule has 0 aliphatic heterocycles. The number of carboxylic acid groups (broad SMARTS) is 1. The number of aliphatic hydroxyl groups is 1. The van der Waals surface area contributed by atoms with Gasteiger partial charge in [0.1, 0.15) is 6.04 Å². The van der Waals surface area contributed by atoms with E-state index in [2.05, 4.69) is 5.32 Å². The standard InChI is InChI=1S/C9H18N2O4/c1-3-11(5-4-6-12)9(15)10-7(2)8(13)14/h7,12H,3-6H2,1-2H3,(H,10,15)(H,13,14)/t7-/m0/s1. The number of nitrogens with zero attached hydrogens (tertiary/aromatic N) is 1. The Balaban J connectivity index is 4.09. The summed E-state index contributed by atoms with van der Waals surface area (Å²) in [5.41, 5.74) is 0. The van der Waals surface area contributed by atoms with Crippen molar-refractivity contribution in [3.05, 3.63) is 0 Å². The minimum absolute atomic E-state index is 0.0122. The molecule has 0 rings (SSSR count). The minimum atomic E-state index is -1.07. The molecular formula is C9H18N2O4. The Morgan fingerprint density at radius 2 is 2.07 bits per heavy atom. The summed E-state index contributed by atoms with van der Waals surface area (Å²) >= 11 is 0. The van der Waals surface area contributed by atoms with Gasteiger partial charge in [-0.1, -0.05) is 0 Å². The molecule has 6 heteroatoms. The summed E-state index contributed by atoms with van der Waals surface area (Å²) in [5, 5.41) is 19.5. The minimum Gasteiger partial charge on any atom is -0.480 e. The molecule has 0 unspecified atom stereocenters. The zero-order chi connectivity index (χ0) is 11.8. The molecule has 0 aliphatic carbocycles. The van der Waals surface area contributed by atoms with Crippen LogP contribution in [0.25, 0.3) is 0 Å². The Morgan fingerprint density at radius 1 is 1.47 bits per heavy atom. The lowest BCUT2D eigenvalue weighted by atomic mass is 10.3. The highest BCUT2D eigenvalue weighted by Gasteiger charge is 2.17. The van der Waals surface area contributed by atoms with Crippen LogP contribution in [0.15, 0.2) is 0 Å². The van der Waals surface area contributed by atoms with Gasteiger partial charge in [-0.15, -0.1) is 0 Å². The molecule has 0 spiro atoms. The summed E-state index contributed by atoms with van der Waals surface area (Å²) in [4.78, 5) is 23.4. The third kappa shape index (κ3) is 5.21. The molecule has 1 atom stereocenters. The van der Waals surface area contributed by atoms with E-state index in [0.717, 1.165) is 0 Å². The second kappa shape index (κ2) is 7.05. The van der Waals surface area contributed by atoms with Crippen molar-refractivity contribution >= 4 is 12.0 Å². The molecule has 0 aromatic rings. The quantitative estimate of drug-likeness (QED) is 0.579. The van der Waals surface area contributed by atoms with Crippen LogP contribution in [0, 0.1) is 0 Å². The van der Waals surface area contributed by atoms with E-state index in [1.165, 1.54) is 11.8 Å². The Morgan fingerprint density at radius 3 is 2.47 bits per heavy atom. The van der Waals surface area contributed by atoms with Crippen molar-refractivity contribution in [2.75, 3.05) is 19.7 Å². The first-order valence-corrected chi connectivity index (χ1v) is 4.92. The van der Waals surface area contributed by atoms with Crippen molar-refractivity contribution in [2.24, 2.45) is 0 Å². The molecule has 0 radical (unpaired) electrons. The Hall–Kier alpha value is -1.30. The fourth-order valence-electron chi connectivity index (χ4n) is 1.00. The molecule has 0 heterocycles. The van der Waals surface area contributed by atoms with Crippen LogP contribution < -0.4 is 5.32 Å². The molecule has 6 nitrogen and oxygen atoms in total. The number of hydrogen-bond donors (Lipinski definition) is 3. The molecule has 0 saturated heterocycles. The first kappa shape index (κ1) is 13.7. The van der Waals surface area contributed by atoms with Crippen LogP contribution in [0.4, 0.5) is 4.79 Å². The molecule has 3 N–H and O–H groups in total. The number of carboxylic acids is 1. The first-order chi connectivity index (χ1) is 7.02. The maximum atomic E-state index is 11.5. The van der Waals surface area contributed by atoms with Gasteiger partial charge in [-0.3, -0.25) is 4.79 Å². The second-order valence-corrected chi connectivity index (χ2v) is 3.17. The lowest BCUT2D eigenvalue weighted by molar-refractivity contribution is -0.138. The predicted octanol–water partition coefficient (Wildman–Crippen LogP) is -0.127. The highest BCUT2D eigenvalue weighted by Crippen LogP contribution is 1.93. The number of hydrogen-bond acceptors (Lipinski definition) is 3. The molecule has 0 aromatic carbocycles. The van der Waals surface area contributed by atoms with E-state index >= 15 is 0 Å². The van der Waals surface area contributed by atoms with Crippen molar-refractivity contribution in [3.8, 4) is 0 Å². The number of carbonyl (C=O) groups is 2. The van der Waals surface area contributed by atoms with E-state index in [9.17, 15) is 9.59 Å². The van der Waals surface area contributed by atoms with Gasteiger partial charge in [-0.2, -0.15) is 0 Å². The third-order valence-corrected chi connectivity index (χ3v) is 1.97. The van der Waals surface area contributed by atoms with E-state index in [0.29, 0.717) is 19.5 Å². The molecule has 0 saturated carbocycles. The zero-order valence-corrected chi connectivity index (χ0v) is 9.06. The summed E-state index contributed by atoms with van der Waals surface area (Å²) in [5.74, 6) is -1.07. The smallest absolute Gasteiger partial charge is 0.325 e. The van der Waals surface area contributed by atoms with Gasteiger partial charge in [0.2, 0.25) is 0 Å². The van der Waals surface area contributed by atoms with Crippen molar-refractivity contribution in [3.63, 3.8) is 0 Å². The number of aliphatic hydroxyl groups excluding tert-OH is 1. The molecular weight excluding hydrogens is 200 g/mol. The molecule has 0 bridgehead atoms. The van der Waals surface area contributed by atoms with Crippen LogP contribution in [-0.4, -0.2) is 52.9 Å². The van der Waals surface area contributed by atoms with Crippen LogP contribution in [0.5, 0.6) is 0 Å². The summed E-state index contributed by atoms with van der Waals surface area (Å²) in [7, 11) is 0. The zero-order valence-electron chi connectivity index (χ0n) is 9.06. The average molecular weight is 218 g/mol. The van der Waals surface area contributed by atoms with E-state index in [4.69, 9.17) is 10.2 Å². The number of nitrogens with one attached hydrogen (secondary N) is 1. The fraction of sp³-hybridized carbons (Fsp3) is 0.778. The predicted molar refractivity (Wildman–Crippen MR) is 54.6 cm³/mol. The fourth-order valence-corrected chi connectivity index (χ4v) is 1.00. The van der Waals surface area contributed by atoms with Crippen molar-refractivity contribution < 1.29 is 19.8 Å². The number of urea groups is 1. The topological polar surface area (TPSA) is 89.9 Å². The van der Waals surface area contributed by atoms with Crippen LogP contribution in [0.2, 0.25) is 0 Å². The Labute approximate surface area is 88.9 Å². The van der Waals surface area contributed by atoms with E-state index in [-0.39, 0.29) is 6.61 Å². The van der Waals surface area contributed by atoms with E-state index in [1.54, 1.807) is 6.92 Å². The van der Waals surface area contributed by atoms with Gasteiger partial charge < -0.3 is 20.4 Å². The largest absolute Gasteiger partial charge is 0.480 e. The van der Waals surface area contributed by atoms with Gasteiger partial charge in [-0.25, -0.2) is 4.79 Å². The summed E-state index contributed by atoms with van der Waals surface area (Å²) in [6.07, 6.45) is 0.489. The molecule has 2 amide bonds. The van der Waals surface area contributed by atoms with Crippen LogP contribution >= 0.6 is 0 Å². The number of rotatable bonds is 6.